The van der Waals surface area contributed by atoms with E-state index in [1.807, 2.05) is 0 Å². The molecule has 1 aromatic heterocycles. The number of halogens is 1. The summed E-state index contributed by atoms with van der Waals surface area (Å²) >= 11 is 0. The first kappa shape index (κ1) is 12.6. The van der Waals surface area contributed by atoms with E-state index in [1.54, 1.807) is 0 Å². The lowest BCUT2D eigenvalue weighted by Crippen LogP contribution is -3.00. The van der Waals surface area contributed by atoms with Gasteiger partial charge in [0.2, 0.25) is 0 Å². The van der Waals surface area contributed by atoms with Crippen molar-refractivity contribution in [2.24, 2.45) is 0 Å². The second kappa shape index (κ2) is 7.04. The third-order valence-electron chi connectivity index (χ3n) is 1.95. The van der Waals surface area contributed by atoms with Crippen LogP contribution >= 0.6 is 0 Å². The molecule has 0 spiro atoms. The van der Waals surface area contributed by atoms with Crippen LogP contribution in [0, 0.1) is 0 Å². The van der Waals surface area contributed by atoms with Gasteiger partial charge in [-0.25, -0.2) is 4.57 Å². The minimum absolute atomic E-state index is 0. The van der Waals surface area contributed by atoms with Crippen molar-refractivity contribution < 1.29 is 26.7 Å². The number of aliphatic hydroxyl groups excluding tert-OH is 1. The number of aromatic nitrogens is 1. The van der Waals surface area contributed by atoms with Crippen LogP contribution in [0.15, 0.2) is 24.5 Å². The lowest BCUT2D eigenvalue weighted by molar-refractivity contribution is -0.693. The molecule has 0 radical (unpaired) electrons. The molecule has 0 unspecified atom stereocenters. The second-order valence-electron chi connectivity index (χ2n) is 2.86. The molecule has 1 heterocycles. The molecular formula is C10H16BrNO. The number of aliphatic hydroxyl groups is 1. The van der Waals surface area contributed by atoms with Gasteiger partial charge in [0.25, 0.3) is 0 Å². The van der Waals surface area contributed by atoms with Crippen LogP contribution in [0.4, 0.5) is 0 Å². The van der Waals surface area contributed by atoms with Crippen molar-refractivity contribution >= 4 is 0 Å². The maximum Gasteiger partial charge on any atom is 0.169 e. The summed E-state index contributed by atoms with van der Waals surface area (Å²) in [6.07, 6.45) is 5.98. The molecular weight excluding hydrogens is 230 g/mol. The molecule has 0 atom stereocenters. The van der Waals surface area contributed by atoms with Crippen molar-refractivity contribution in [1.82, 2.24) is 0 Å². The molecule has 0 aliphatic carbocycles. The Morgan fingerprint density at radius 1 is 1.31 bits per heavy atom. The van der Waals surface area contributed by atoms with E-state index in [0.29, 0.717) is 0 Å². The van der Waals surface area contributed by atoms with Gasteiger partial charge in [-0.15, -0.1) is 0 Å². The highest BCUT2D eigenvalue weighted by Gasteiger charge is 1.96. The minimum atomic E-state index is 0. The van der Waals surface area contributed by atoms with Crippen molar-refractivity contribution in [3.05, 3.63) is 30.1 Å². The quantitative estimate of drug-likeness (QED) is 0.606. The van der Waals surface area contributed by atoms with Gasteiger partial charge in [-0.1, -0.05) is 0 Å². The maximum atomic E-state index is 8.62. The van der Waals surface area contributed by atoms with Gasteiger partial charge in [-0.3, -0.25) is 0 Å². The standard InChI is InChI=1S/C10H16NO.BrH/c1-2-11-7-5-10(6-8-11)4-3-9-12;/h5-8,12H,2-4,9H2,1H3;1H/q+1;/p-1. The van der Waals surface area contributed by atoms with Crippen LogP contribution < -0.4 is 21.5 Å². The van der Waals surface area contributed by atoms with Crippen molar-refractivity contribution in [3.63, 3.8) is 0 Å². The van der Waals surface area contributed by atoms with Crippen LogP contribution in [0.1, 0.15) is 18.9 Å². The van der Waals surface area contributed by atoms with Crippen molar-refractivity contribution in [3.8, 4) is 0 Å². The molecule has 0 amide bonds. The van der Waals surface area contributed by atoms with Gasteiger partial charge in [0.05, 0.1) is 0 Å². The predicted octanol–water partition coefficient (Wildman–Crippen LogP) is -2.08. The summed E-state index contributed by atoms with van der Waals surface area (Å²) < 4.78 is 2.13. The number of pyridine rings is 1. The summed E-state index contributed by atoms with van der Waals surface area (Å²) in [5.41, 5.74) is 1.30. The Bertz CT molecular complexity index is 223. The summed E-state index contributed by atoms with van der Waals surface area (Å²) in [4.78, 5) is 0. The Labute approximate surface area is 90.0 Å². The summed E-state index contributed by atoms with van der Waals surface area (Å²) in [6, 6.07) is 4.22. The zero-order chi connectivity index (χ0) is 8.81. The normalized spacial score (nSPS) is 9.38. The Balaban J connectivity index is 0.00000144. The highest BCUT2D eigenvalue weighted by Crippen LogP contribution is 1.98. The van der Waals surface area contributed by atoms with E-state index in [9.17, 15) is 0 Å². The molecule has 3 heteroatoms. The van der Waals surface area contributed by atoms with Crippen LogP contribution in [-0.4, -0.2) is 11.7 Å². The first-order valence-corrected chi connectivity index (χ1v) is 4.45. The fraction of sp³-hybridized carbons (Fsp3) is 0.500. The third kappa shape index (κ3) is 4.39. The number of hydrogen-bond acceptors (Lipinski definition) is 1. The van der Waals surface area contributed by atoms with Gasteiger partial charge in [0.1, 0.15) is 6.54 Å². The number of aryl methyl sites for hydroxylation is 2. The van der Waals surface area contributed by atoms with E-state index in [0.717, 1.165) is 19.4 Å². The predicted molar refractivity (Wildman–Crippen MR) is 47.7 cm³/mol. The molecule has 0 saturated heterocycles. The Morgan fingerprint density at radius 3 is 2.38 bits per heavy atom. The summed E-state index contributed by atoms with van der Waals surface area (Å²) in [6.45, 7) is 3.41. The van der Waals surface area contributed by atoms with Crippen LogP contribution in [0.3, 0.4) is 0 Å². The fourth-order valence-corrected chi connectivity index (χ4v) is 1.15. The molecule has 0 aromatic carbocycles. The summed E-state index contributed by atoms with van der Waals surface area (Å²) in [7, 11) is 0. The minimum Gasteiger partial charge on any atom is -1.00 e. The largest absolute Gasteiger partial charge is 1.00 e. The molecule has 0 bridgehead atoms. The topological polar surface area (TPSA) is 24.1 Å². The van der Waals surface area contributed by atoms with Crippen molar-refractivity contribution in [2.75, 3.05) is 6.61 Å². The molecule has 13 heavy (non-hydrogen) atoms. The van der Waals surface area contributed by atoms with Crippen molar-refractivity contribution in [2.45, 2.75) is 26.3 Å². The Kier molecular flexibility index (Phi) is 6.82. The zero-order valence-corrected chi connectivity index (χ0v) is 9.50. The van der Waals surface area contributed by atoms with Crippen LogP contribution in [0.2, 0.25) is 0 Å². The summed E-state index contributed by atoms with van der Waals surface area (Å²) in [5, 5.41) is 8.62. The van der Waals surface area contributed by atoms with Gasteiger partial charge in [-0.05, 0) is 25.3 Å². The SMILES string of the molecule is CC[n+]1ccc(CCCO)cc1.[Br-]. The fourth-order valence-electron chi connectivity index (χ4n) is 1.15. The Hall–Kier alpha value is -0.410. The van der Waals surface area contributed by atoms with E-state index in [1.165, 1.54) is 5.56 Å². The van der Waals surface area contributed by atoms with E-state index >= 15 is 0 Å². The first-order chi connectivity index (χ1) is 5.86. The highest BCUT2D eigenvalue weighted by molar-refractivity contribution is 5.06. The van der Waals surface area contributed by atoms with Gasteiger partial charge in [0.15, 0.2) is 12.4 Å². The monoisotopic (exact) mass is 245 g/mol. The smallest absolute Gasteiger partial charge is 0.169 e. The van der Waals surface area contributed by atoms with Gasteiger partial charge >= 0.3 is 0 Å². The van der Waals surface area contributed by atoms with E-state index < -0.39 is 0 Å². The molecule has 0 fully saturated rings. The van der Waals surface area contributed by atoms with E-state index in [2.05, 4.69) is 36.0 Å². The first-order valence-electron chi connectivity index (χ1n) is 4.45. The average molecular weight is 246 g/mol. The van der Waals surface area contributed by atoms with Gasteiger partial charge in [-0.2, -0.15) is 0 Å². The van der Waals surface area contributed by atoms with Crippen LogP contribution in [0.5, 0.6) is 0 Å². The highest BCUT2D eigenvalue weighted by atomic mass is 79.9. The van der Waals surface area contributed by atoms with Crippen molar-refractivity contribution in [1.29, 1.82) is 0 Å². The number of hydrogen-bond donors (Lipinski definition) is 1. The number of rotatable bonds is 4. The zero-order valence-electron chi connectivity index (χ0n) is 7.91. The molecule has 74 valence electrons. The molecule has 0 saturated carbocycles. The van der Waals surface area contributed by atoms with Crippen LogP contribution in [0.25, 0.3) is 0 Å². The molecule has 0 aliphatic heterocycles. The molecule has 1 rings (SSSR count). The second-order valence-corrected chi connectivity index (χ2v) is 2.86. The Morgan fingerprint density at radius 2 is 1.92 bits per heavy atom. The summed E-state index contributed by atoms with van der Waals surface area (Å²) in [5.74, 6) is 0. The van der Waals surface area contributed by atoms with Crippen LogP contribution in [-0.2, 0) is 13.0 Å². The maximum absolute atomic E-state index is 8.62. The van der Waals surface area contributed by atoms with Gasteiger partial charge < -0.3 is 22.1 Å². The lowest BCUT2D eigenvalue weighted by Gasteiger charge is -1.97. The molecule has 2 nitrogen and oxygen atoms in total. The molecule has 1 N–H and O–H groups in total. The van der Waals surface area contributed by atoms with Gasteiger partial charge in [0, 0.05) is 18.7 Å². The average Bonchev–Trinajstić information content (AvgIpc) is 2.15. The number of nitrogens with zero attached hydrogens (tertiary/aromatic N) is 1. The third-order valence-corrected chi connectivity index (χ3v) is 1.95. The molecule has 1 aromatic rings. The lowest BCUT2D eigenvalue weighted by atomic mass is 10.1. The van der Waals surface area contributed by atoms with E-state index in [-0.39, 0.29) is 23.6 Å². The molecule has 0 aliphatic rings. The van der Waals surface area contributed by atoms with E-state index in [4.69, 9.17) is 5.11 Å².